The van der Waals surface area contributed by atoms with Gasteiger partial charge in [-0.2, -0.15) is 0 Å². The molecule has 3 aromatic rings. The van der Waals surface area contributed by atoms with Gasteiger partial charge in [0.25, 0.3) is 0 Å². The van der Waals surface area contributed by atoms with Crippen LogP contribution in [0.3, 0.4) is 0 Å². The Morgan fingerprint density at radius 1 is 1.06 bits per heavy atom. The molecule has 35 heavy (non-hydrogen) atoms. The van der Waals surface area contributed by atoms with Crippen molar-refractivity contribution < 1.29 is 18.6 Å². The maximum atomic E-state index is 13.9. The van der Waals surface area contributed by atoms with Crippen molar-refractivity contribution in [2.24, 2.45) is 5.41 Å². The summed E-state index contributed by atoms with van der Waals surface area (Å²) in [7, 11) is 1.65. The number of nitrogens with zero attached hydrogens (tertiary/aromatic N) is 2. The van der Waals surface area contributed by atoms with E-state index in [0.29, 0.717) is 17.9 Å². The van der Waals surface area contributed by atoms with Gasteiger partial charge in [0.15, 0.2) is 0 Å². The summed E-state index contributed by atoms with van der Waals surface area (Å²) in [5.41, 5.74) is 2.04. The van der Waals surface area contributed by atoms with Crippen LogP contribution in [-0.4, -0.2) is 48.3 Å². The maximum absolute atomic E-state index is 13.9. The van der Waals surface area contributed by atoms with E-state index in [1.54, 1.807) is 13.3 Å². The molecule has 0 spiro atoms. The SMILES string of the molecule is COc1ccc2ncc(Cl)c(CCCC3(CO)CCN(CCCc4c(F)cccc4F)CC3)c2c1. The number of hydrogen-bond donors (Lipinski definition) is 1. The van der Waals surface area contributed by atoms with Crippen molar-refractivity contribution in [1.82, 2.24) is 9.88 Å². The number of pyridine rings is 1. The second-order valence-electron chi connectivity index (χ2n) is 9.62. The van der Waals surface area contributed by atoms with Gasteiger partial charge in [-0.15, -0.1) is 0 Å². The zero-order valence-electron chi connectivity index (χ0n) is 20.2. The third-order valence-corrected chi connectivity index (χ3v) is 7.81. The highest BCUT2D eigenvalue weighted by Gasteiger charge is 2.33. The molecule has 0 saturated carbocycles. The first-order chi connectivity index (χ1) is 16.9. The molecule has 0 bridgehead atoms. The summed E-state index contributed by atoms with van der Waals surface area (Å²) >= 11 is 6.51. The Kier molecular flexibility index (Phi) is 8.58. The number of aliphatic hydroxyl groups is 1. The normalized spacial score (nSPS) is 16.0. The minimum atomic E-state index is -0.469. The van der Waals surface area contributed by atoms with Gasteiger partial charge in [-0.25, -0.2) is 8.78 Å². The van der Waals surface area contributed by atoms with Crippen molar-refractivity contribution in [3.63, 3.8) is 0 Å². The second-order valence-corrected chi connectivity index (χ2v) is 10.0. The summed E-state index contributed by atoms with van der Waals surface area (Å²) in [4.78, 5) is 6.77. The molecular weight excluding hydrogens is 470 g/mol. The van der Waals surface area contributed by atoms with Crippen molar-refractivity contribution in [2.75, 3.05) is 33.4 Å². The standard InChI is InChI=1S/C28H33ClF2N2O2/c1-35-20-9-10-27-23(17-20)21(24(29)18-32-27)5-3-11-28(19-34)12-15-33(16-13-28)14-4-6-22-25(30)7-2-8-26(22)31/h2,7-10,17-18,34H,3-6,11-16,19H2,1H3. The zero-order valence-corrected chi connectivity index (χ0v) is 21.0. The molecule has 1 aliphatic rings. The number of benzene rings is 2. The Labute approximate surface area is 210 Å². The van der Waals surface area contributed by atoms with E-state index in [9.17, 15) is 13.9 Å². The molecule has 4 nitrogen and oxygen atoms in total. The molecule has 0 unspecified atom stereocenters. The number of fused-ring (bicyclic) bond motifs is 1. The van der Waals surface area contributed by atoms with Gasteiger partial charge in [-0.1, -0.05) is 17.7 Å². The average Bonchev–Trinajstić information content (AvgIpc) is 2.87. The first kappa shape index (κ1) is 25.8. The third-order valence-electron chi connectivity index (χ3n) is 7.48. The lowest BCUT2D eigenvalue weighted by Gasteiger charge is -2.41. The van der Waals surface area contributed by atoms with Gasteiger partial charge in [0.05, 0.1) is 17.6 Å². The fraction of sp³-hybridized carbons (Fsp3) is 0.464. The van der Waals surface area contributed by atoms with Crippen molar-refractivity contribution >= 4 is 22.5 Å². The Hall–Kier alpha value is -2.28. The predicted octanol–water partition coefficient (Wildman–Crippen LogP) is 6.21. The van der Waals surface area contributed by atoms with E-state index in [1.165, 1.54) is 18.2 Å². The molecule has 1 N–H and O–H groups in total. The fourth-order valence-corrected chi connectivity index (χ4v) is 5.46. The van der Waals surface area contributed by atoms with Crippen LogP contribution in [0.15, 0.2) is 42.6 Å². The lowest BCUT2D eigenvalue weighted by atomic mass is 9.75. The highest BCUT2D eigenvalue weighted by atomic mass is 35.5. The third kappa shape index (κ3) is 6.11. The summed E-state index contributed by atoms with van der Waals surface area (Å²) in [6.07, 6.45) is 7.29. The minimum Gasteiger partial charge on any atom is -0.497 e. The van der Waals surface area contributed by atoms with Crippen LogP contribution in [0.5, 0.6) is 5.75 Å². The van der Waals surface area contributed by atoms with Crippen LogP contribution in [-0.2, 0) is 12.8 Å². The van der Waals surface area contributed by atoms with Gasteiger partial charge >= 0.3 is 0 Å². The lowest BCUT2D eigenvalue weighted by Crippen LogP contribution is -2.42. The number of rotatable bonds is 10. The van der Waals surface area contributed by atoms with E-state index in [-0.39, 0.29) is 17.6 Å². The molecule has 0 aliphatic carbocycles. The Morgan fingerprint density at radius 2 is 1.77 bits per heavy atom. The number of piperidine rings is 1. The molecule has 0 atom stereocenters. The number of halogens is 3. The number of aromatic nitrogens is 1. The summed E-state index contributed by atoms with van der Waals surface area (Å²) < 4.78 is 33.1. The van der Waals surface area contributed by atoms with Crippen molar-refractivity contribution in [1.29, 1.82) is 0 Å². The number of methoxy groups -OCH3 is 1. The van der Waals surface area contributed by atoms with Crippen molar-refractivity contribution in [2.45, 2.75) is 44.9 Å². The average molecular weight is 503 g/mol. The lowest BCUT2D eigenvalue weighted by molar-refractivity contribution is 0.0353. The van der Waals surface area contributed by atoms with E-state index in [2.05, 4.69) is 9.88 Å². The van der Waals surface area contributed by atoms with Gasteiger partial charge in [0.2, 0.25) is 0 Å². The Bertz CT molecular complexity index is 1130. The van der Waals surface area contributed by atoms with E-state index in [1.807, 2.05) is 18.2 Å². The molecule has 2 heterocycles. The van der Waals surface area contributed by atoms with Gasteiger partial charge in [0, 0.05) is 23.8 Å². The van der Waals surface area contributed by atoms with E-state index >= 15 is 0 Å². The number of ether oxygens (including phenoxy) is 1. The van der Waals surface area contributed by atoms with E-state index < -0.39 is 11.6 Å². The number of aryl methyl sites for hydroxylation is 1. The summed E-state index contributed by atoms with van der Waals surface area (Å²) in [5, 5.41) is 11.9. The van der Waals surface area contributed by atoms with Gasteiger partial charge < -0.3 is 14.7 Å². The van der Waals surface area contributed by atoms with Crippen molar-refractivity contribution in [3.8, 4) is 5.75 Å². The van der Waals surface area contributed by atoms with Gasteiger partial charge in [-0.05, 0) is 106 Å². The second kappa shape index (κ2) is 11.6. The van der Waals surface area contributed by atoms with Crippen molar-refractivity contribution in [3.05, 3.63) is 70.4 Å². The first-order valence-corrected chi connectivity index (χ1v) is 12.7. The Morgan fingerprint density at radius 3 is 2.46 bits per heavy atom. The minimum absolute atomic E-state index is 0.0961. The summed E-state index contributed by atoms with van der Waals surface area (Å²) in [5.74, 6) is -0.160. The quantitative estimate of drug-likeness (QED) is 0.358. The molecule has 1 aromatic heterocycles. The van der Waals surface area contributed by atoms with Gasteiger partial charge in [-0.3, -0.25) is 4.98 Å². The number of aliphatic hydroxyl groups excluding tert-OH is 1. The predicted molar refractivity (Wildman–Crippen MR) is 136 cm³/mol. The van der Waals surface area contributed by atoms with Crippen LogP contribution in [0.4, 0.5) is 8.78 Å². The molecule has 4 rings (SSSR count). The highest BCUT2D eigenvalue weighted by Crippen LogP contribution is 2.37. The molecule has 0 radical (unpaired) electrons. The van der Waals surface area contributed by atoms with Gasteiger partial charge in [0.1, 0.15) is 17.4 Å². The molecule has 1 aliphatic heterocycles. The number of hydrogen-bond acceptors (Lipinski definition) is 4. The largest absolute Gasteiger partial charge is 0.497 e. The van der Waals surface area contributed by atoms with Crippen LogP contribution >= 0.6 is 11.6 Å². The number of likely N-dealkylation sites (tertiary alicyclic amines) is 1. The summed E-state index contributed by atoms with van der Waals surface area (Å²) in [6.45, 7) is 2.74. The van der Waals surface area contributed by atoms with E-state index in [0.717, 1.165) is 74.0 Å². The fourth-order valence-electron chi connectivity index (χ4n) is 5.21. The highest BCUT2D eigenvalue weighted by molar-refractivity contribution is 6.32. The molecule has 1 saturated heterocycles. The first-order valence-electron chi connectivity index (χ1n) is 12.3. The molecule has 188 valence electrons. The van der Waals surface area contributed by atoms with Crippen LogP contribution in [0.2, 0.25) is 5.02 Å². The maximum Gasteiger partial charge on any atom is 0.129 e. The molecule has 7 heteroatoms. The molecular formula is C28H33ClF2N2O2. The molecule has 2 aromatic carbocycles. The zero-order chi connectivity index (χ0) is 24.8. The van der Waals surface area contributed by atoms with Crippen LogP contribution in [0.1, 0.15) is 43.2 Å². The van der Waals surface area contributed by atoms with Crippen LogP contribution < -0.4 is 4.74 Å². The monoisotopic (exact) mass is 502 g/mol. The smallest absolute Gasteiger partial charge is 0.129 e. The molecule has 0 amide bonds. The van der Waals surface area contributed by atoms with Crippen LogP contribution in [0.25, 0.3) is 10.9 Å². The topological polar surface area (TPSA) is 45.6 Å². The Balaban J connectivity index is 1.30. The molecule has 1 fully saturated rings. The summed E-state index contributed by atoms with van der Waals surface area (Å²) in [6, 6.07) is 9.85. The van der Waals surface area contributed by atoms with E-state index in [4.69, 9.17) is 16.3 Å². The van der Waals surface area contributed by atoms with Crippen LogP contribution in [0, 0.1) is 17.0 Å².